The van der Waals surface area contributed by atoms with Crippen LogP contribution < -0.4 is 0 Å². The first-order valence-corrected chi connectivity index (χ1v) is 8.27. The summed E-state index contributed by atoms with van der Waals surface area (Å²) in [7, 11) is 0. The topological polar surface area (TPSA) is 26.3 Å². The molecule has 0 N–H and O–H groups in total. The highest BCUT2D eigenvalue weighted by Crippen LogP contribution is 2.36. The molecule has 2 heteroatoms. The molecule has 1 aliphatic carbocycles. The molecule has 1 aromatic carbocycles. The summed E-state index contributed by atoms with van der Waals surface area (Å²) in [4.78, 5) is 12.3. The minimum Gasteiger partial charge on any atom is -0.456 e. The van der Waals surface area contributed by atoms with E-state index in [-0.39, 0.29) is 11.6 Å². The van der Waals surface area contributed by atoms with Crippen LogP contribution in [0.3, 0.4) is 0 Å². The van der Waals surface area contributed by atoms with Gasteiger partial charge in [-0.3, -0.25) is 0 Å². The summed E-state index contributed by atoms with van der Waals surface area (Å²) in [5.41, 5.74) is 1.58. The van der Waals surface area contributed by atoms with Gasteiger partial charge in [-0.15, -0.1) is 0 Å². The fourth-order valence-corrected chi connectivity index (χ4v) is 3.19. The van der Waals surface area contributed by atoms with Gasteiger partial charge < -0.3 is 4.74 Å². The van der Waals surface area contributed by atoms with Gasteiger partial charge in [0.2, 0.25) is 0 Å². The van der Waals surface area contributed by atoms with Crippen LogP contribution in [0, 0.1) is 5.92 Å². The van der Waals surface area contributed by atoms with Gasteiger partial charge in [-0.2, -0.15) is 0 Å². The Hall–Kier alpha value is -1.31. The lowest BCUT2D eigenvalue weighted by atomic mass is 9.89. The quantitative estimate of drug-likeness (QED) is 0.685. The van der Waals surface area contributed by atoms with Crippen molar-refractivity contribution >= 4 is 5.97 Å². The number of ether oxygens (including phenoxy) is 1. The summed E-state index contributed by atoms with van der Waals surface area (Å²) in [6.45, 7) is 8.48. The SMILES string of the molecule is CCC(C)c1ccc(C(=O)OC(C)(C)C2CCCC2)cc1. The van der Waals surface area contributed by atoms with Crippen LogP contribution in [0.2, 0.25) is 0 Å². The minimum atomic E-state index is -0.358. The molecule has 2 nitrogen and oxygen atoms in total. The summed E-state index contributed by atoms with van der Waals surface area (Å²) in [5, 5.41) is 0. The molecule has 1 saturated carbocycles. The standard InChI is InChI=1S/C19H28O2/c1-5-14(2)15-10-12-16(13-11-15)18(20)21-19(3,4)17-8-6-7-9-17/h10-14,17H,5-9H2,1-4H3. The highest BCUT2D eigenvalue weighted by atomic mass is 16.6. The van der Waals surface area contributed by atoms with Crippen molar-refractivity contribution in [2.45, 2.75) is 71.3 Å². The molecule has 1 aromatic rings. The van der Waals surface area contributed by atoms with Gasteiger partial charge in [0, 0.05) is 0 Å². The van der Waals surface area contributed by atoms with Gasteiger partial charge in [0.05, 0.1) is 5.56 Å². The van der Waals surface area contributed by atoms with Crippen LogP contribution in [0.5, 0.6) is 0 Å². The highest BCUT2D eigenvalue weighted by molar-refractivity contribution is 5.89. The Morgan fingerprint density at radius 3 is 2.33 bits per heavy atom. The highest BCUT2D eigenvalue weighted by Gasteiger charge is 2.35. The van der Waals surface area contributed by atoms with Crippen molar-refractivity contribution in [2.75, 3.05) is 0 Å². The fraction of sp³-hybridized carbons (Fsp3) is 0.632. The van der Waals surface area contributed by atoms with Gasteiger partial charge in [-0.25, -0.2) is 4.79 Å². The molecular formula is C19H28O2. The number of rotatable bonds is 5. The molecule has 21 heavy (non-hydrogen) atoms. The molecule has 0 radical (unpaired) electrons. The Kier molecular flexibility index (Phi) is 5.08. The number of hydrogen-bond donors (Lipinski definition) is 0. The van der Waals surface area contributed by atoms with E-state index in [1.165, 1.54) is 31.2 Å². The summed E-state index contributed by atoms with van der Waals surface area (Å²) in [6, 6.07) is 7.89. The van der Waals surface area contributed by atoms with E-state index >= 15 is 0 Å². The van der Waals surface area contributed by atoms with Crippen LogP contribution in [0.4, 0.5) is 0 Å². The maximum Gasteiger partial charge on any atom is 0.338 e. The zero-order chi connectivity index (χ0) is 15.5. The van der Waals surface area contributed by atoms with Crippen LogP contribution in [0.25, 0.3) is 0 Å². The van der Waals surface area contributed by atoms with Crippen molar-refractivity contribution in [2.24, 2.45) is 5.92 Å². The van der Waals surface area contributed by atoms with E-state index in [1.54, 1.807) is 0 Å². The molecule has 2 rings (SSSR count). The van der Waals surface area contributed by atoms with E-state index in [0.717, 1.165) is 6.42 Å². The second kappa shape index (κ2) is 6.64. The Balaban J connectivity index is 2.02. The van der Waals surface area contributed by atoms with E-state index in [2.05, 4.69) is 27.7 Å². The minimum absolute atomic E-state index is 0.192. The molecule has 0 aromatic heterocycles. The molecule has 0 spiro atoms. The van der Waals surface area contributed by atoms with E-state index < -0.39 is 0 Å². The third kappa shape index (κ3) is 3.87. The van der Waals surface area contributed by atoms with E-state index in [0.29, 0.717) is 17.4 Å². The van der Waals surface area contributed by atoms with Gasteiger partial charge in [-0.05, 0) is 62.6 Å². The van der Waals surface area contributed by atoms with Crippen molar-refractivity contribution in [3.63, 3.8) is 0 Å². The van der Waals surface area contributed by atoms with Gasteiger partial charge >= 0.3 is 5.97 Å². The van der Waals surface area contributed by atoms with Crippen LogP contribution >= 0.6 is 0 Å². The van der Waals surface area contributed by atoms with Crippen molar-refractivity contribution in [3.05, 3.63) is 35.4 Å². The van der Waals surface area contributed by atoms with Crippen LogP contribution in [0.1, 0.15) is 81.6 Å². The lowest BCUT2D eigenvalue weighted by Gasteiger charge is -2.31. The first-order chi connectivity index (χ1) is 9.94. The fourth-order valence-electron chi connectivity index (χ4n) is 3.19. The number of benzene rings is 1. The second-order valence-corrected chi connectivity index (χ2v) is 6.91. The zero-order valence-electron chi connectivity index (χ0n) is 13.8. The monoisotopic (exact) mass is 288 g/mol. The third-order valence-electron chi connectivity index (χ3n) is 5.02. The summed E-state index contributed by atoms with van der Waals surface area (Å²) in [5.74, 6) is 0.841. The van der Waals surface area contributed by atoms with Crippen molar-refractivity contribution < 1.29 is 9.53 Å². The van der Waals surface area contributed by atoms with Gasteiger partial charge in [0.15, 0.2) is 0 Å². The predicted octanol–water partition coefficient (Wildman–Crippen LogP) is 5.33. The average Bonchev–Trinajstić information content (AvgIpc) is 3.01. The second-order valence-electron chi connectivity index (χ2n) is 6.91. The van der Waals surface area contributed by atoms with Gasteiger partial charge in [-0.1, -0.05) is 38.8 Å². The molecule has 0 saturated heterocycles. The largest absolute Gasteiger partial charge is 0.456 e. The van der Waals surface area contributed by atoms with Crippen molar-refractivity contribution in [1.82, 2.24) is 0 Å². The van der Waals surface area contributed by atoms with Crippen LogP contribution in [0.15, 0.2) is 24.3 Å². The molecule has 0 heterocycles. The van der Waals surface area contributed by atoms with E-state index in [1.807, 2.05) is 24.3 Å². The van der Waals surface area contributed by atoms with Gasteiger partial charge in [0.1, 0.15) is 5.60 Å². The number of carbonyl (C=O) groups is 1. The number of esters is 1. The molecule has 0 bridgehead atoms. The van der Waals surface area contributed by atoms with Crippen molar-refractivity contribution in [3.8, 4) is 0 Å². The maximum atomic E-state index is 12.3. The average molecular weight is 288 g/mol. The Labute approximate surface area is 128 Å². The Bertz CT molecular complexity index is 467. The first kappa shape index (κ1) is 16.1. The molecule has 0 amide bonds. The van der Waals surface area contributed by atoms with Crippen molar-refractivity contribution in [1.29, 1.82) is 0 Å². The van der Waals surface area contributed by atoms with Crippen LogP contribution in [-0.2, 0) is 4.74 Å². The number of hydrogen-bond acceptors (Lipinski definition) is 2. The maximum absolute atomic E-state index is 12.3. The smallest absolute Gasteiger partial charge is 0.338 e. The lowest BCUT2D eigenvalue weighted by molar-refractivity contribution is -0.0285. The Morgan fingerprint density at radius 2 is 1.81 bits per heavy atom. The lowest BCUT2D eigenvalue weighted by Crippen LogP contribution is -2.35. The first-order valence-electron chi connectivity index (χ1n) is 8.27. The zero-order valence-corrected chi connectivity index (χ0v) is 13.8. The summed E-state index contributed by atoms with van der Waals surface area (Å²) < 4.78 is 5.80. The number of carbonyl (C=O) groups excluding carboxylic acids is 1. The summed E-state index contributed by atoms with van der Waals surface area (Å²) >= 11 is 0. The molecule has 1 fully saturated rings. The molecule has 116 valence electrons. The molecular weight excluding hydrogens is 260 g/mol. The van der Waals surface area contributed by atoms with Gasteiger partial charge in [0.25, 0.3) is 0 Å². The third-order valence-corrected chi connectivity index (χ3v) is 5.02. The Morgan fingerprint density at radius 1 is 1.24 bits per heavy atom. The predicted molar refractivity (Wildman–Crippen MR) is 86.6 cm³/mol. The molecule has 1 aliphatic rings. The van der Waals surface area contributed by atoms with Crippen LogP contribution in [-0.4, -0.2) is 11.6 Å². The molecule has 0 aliphatic heterocycles. The van der Waals surface area contributed by atoms with E-state index in [4.69, 9.17) is 4.74 Å². The molecule has 1 atom stereocenters. The van der Waals surface area contributed by atoms with E-state index in [9.17, 15) is 4.79 Å². The molecule has 1 unspecified atom stereocenters. The normalized spacial score (nSPS) is 17.7. The summed E-state index contributed by atoms with van der Waals surface area (Å²) in [6.07, 6.45) is 5.98.